The third-order valence-corrected chi connectivity index (χ3v) is 4.39. The number of hydrogen-bond acceptors (Lipinski definition) is 3. The smallest absolute Gasteiger partial charge is 0.257 e. The van der Waals surface area contributed by atoms with Gasteiger partial charge in [-0.05, 0) is 46.5 Å². The topological polar surface area (TPSA) is 64.2 Å². The molecule has 0 aromatic carbocycles. The van der Waals surface area contributed by atoms with E-state index in [9.17, 15) is 4.79 Å². The van der Waals surface area contributed by atoms with E-state index in [1.807, 2.05) is 16.5 Å². The lowest BCUT2D eigenvalue weighted by atomic mass is 9.92. The standard InChI is InChI=1S/C16H28N4O.ClH/c1-11-6-7-19(13(8-11)9-17)15(21)14-10-18-20(12(14)2)16(3,4)5;/h10-11,13H,6-9,17H2,1-5H3;1H. The lowest BCUT2D eigenvalue weighted by Crippen LogP contribution is -2.49. The Kier molecular flexibility index (Phi) is 6.04. The van der Waals surface area contributed by atoms with Gasteiger partial charge in [-0.15, -0.1) is 12.4 Å². The Balaban J connectivity index is 0.00000242. The van der Waals surface area contributed by atoms with Crippen molar-refractivity contribution >= 4 is 18.3 Å². The van der Waals surface area contributed by atoms with Gasteiger partial charge in [0.25, 0.3) is 5.91 Å². The van der Waals surface area contributed by atoms with Crippen molar-refractivity contribution in [3.63, 3.8) is 0 Å². The molecular formula is C16H29ClN4O. The molecule has 0 aliphatic carbocycles. The number of hydrogen-bond donors (Lipinski definition) is 1. The van der Waals surface area contributed by atoms with E-state index in [-0.39, 0.29) is 29.9 Å². The van der Waals surface area contributed by atoms with Crippen molar-refractivity contribution in [2.75, 3.05) is 13.1 Å². The minimum atomic E-state index is -0.119. The lowest BCUT2D eigenvalue weighted by Gasteiger charge is -2.38. The summed E-state index contributed by atoms with van der Waals surface area (Å²) < 4.78 is 1.92. The van der Waals surface area contributed by atoms with E-state index >= 15 is 0 Å². The number of nitrogens with two attached hydrogens (primary N) is 1. The van der Waals surface area contributed by atoms with E-state index in [1.54, 1.807) is 6.20 Å². The molecule has 2 N–H and O–H groups in total. The number of halogens is 1. The molecule has 5 nitrogen and oxygen atoms in total. The lowest BCUT2D eigenvalue weighted by molar-refractivity contribution is 0.0572. The predicted octanol–water partition coefficient (Wildman–Crippen LogP) is 2.57. The van der Waals surface area contributed by atoms with Crippen LogP contribution < -0.4 is 5.73 Å². The summed E-state index contributed by atoms with van der Waals surface area (Å²) in [5.74, 6) is 0.714. The highest BCUT2D eigenvalue weighted by Gasteiger charge is 2.32. The van der Waals surface area contributed by atoms with Gasteiger partial charge in [0, 0.05) is 24.8 Å². The first-order valence-electron chi connectivity index (χ1n) is 7.81. The van der Waals surface area contributed by atoms with Gasteiger partial charge in [-0.2, -0.15) is 5.10 Å². The van der Waals surface area contributed by atoms with E-state index in [4.69, 9.17) is 5.73 Å². The van der Waals surface area contributed by atoms with Gasteiger partial charge < -0.3 is 10.6 Å². The highest BCUT2D eigenvalue weighted by molar-refractivity contribution is 5.95. The van der Waals surface area contributed by atoms with Crippen LogP contribution in [-0.2, 0) is 5.54 Å². The highest BCUT2D eigenvalue weighted by atomic mass is 35.5. The molecule has 1 aliphatic rings. The fourth-order valence-electron chi connectivity index (χ4n) is 3.19. The maximum absolute atomic E-state index is 12.9. The zero-order valence-electron chi connectivity index (χ0n) is 14.3. The fourth-order valence-corrected chi connectivity index (χ4v) is 3.19. The number of aromatic nitrogens is 2. The molecule has 1 fully saturated rings. The van der Waals surface area contributed by atoms with Crippen LogP contribution in [0.2, 0.25) is 0 Å². The summed E-state index contributed by atoms with van der Waals surface area (Å²) in [6.45, 7) is 11.8. The van der Waals surface area contributed by atoms with Crippen molar-refractivity contribution < 1.29 is 4.79 Å². The fraction of sp³-hybridized carbons (Fsp3) is 0.750. The summed E-state index contributed by atoms with van der Waals surface area (Å²) in [7, 11) is 0. The molecule has 1 amide bonds. The van der Waals surface area contributed by atoms with Gasteiger partial charge in [0.2, 0.25) is 0 Å². The summed E-state index contributed by atoms with van der Waals surface area (Å²) in [5, 5.41) is 4.41. The van der Waals surface area contributed by atoms with Crippen LogP contribution in [0.4, 0.5) is 0 Å². The zero-order chi connectivity index (χ0) is 15.8. The molecule has 0 spiro atoms. The second-order valence-electron chi connectivity index (χ2n) is 7.24. The Labute approximate surface area is 139 Å². The first kappa shape index (κ1) is 19.0. The van der Waals surface area contributed by atoms with Gasteiger partial charge in [-0.25, -0.2) is 0 Å². The third kappa shape index (κ3) is 3.63. The van der Waals surface area contributed by atoms with E-state index in [2.05, 4.69) is 32.8 Å². The first-order chi connectivity index (χ1) is 9.75. The van der Waals surface area contributed by atoms with Gasteiger partial charge in [0.1, 0.15) is 0 Å². The maximum Gasteiger partial charge on any atom is 0.257 e. The normalized spacial score (nSPS) is 22.4. The van der Waals surface area contributed by atoms with Gasteiger partial charge in [-0.1, -0.05) is 6.92 Å². The summed E-state index contributed by atoms with van der Waals surface area (Å²) in [5.41, 5.74) is 7.39. The average Bonchev–Trinajstić information content (AvgIpc) is 2.79. The van der Waals surface area contributed by atoms with Crippen molar-refractivity contribution in [2.24, 2.45) is 11.7 Å². The predicted molar refractivity (Wildman–Crippen MR) is 91.5 cm³/mol. The van der Waals surface area contributed by atoms with Gasteiger partial charge >= 0.3 is 0 Å². The van der Waals surface area contributed by atoms with Gasteiger partial charge in [-0.3, -0.25) is 9.48 Å². The molecule has 1 aromatic rings. The zero-order valence-corrected chi connectivity index (χ0v) is 15.1. The molecule has 22 heavy (non-hydrogen) atoms. The Morgan fingerprint density at radius 2 is 2.09 bits per heavy atom. The number of nitrogens with zero attached hydrogens (tertiary/aromatic N) is 3. The summed E-state index contributed by atoms with van der Waals surface area (Å²) in [4.78, 5) is 14.8. The van der Waals surface area contributed by atoms with E-state index in [0.29, 0.717) is 18.0 Å². The van der Waals surface area contributed by atoms with Gasteiger partial charge in [0.05, 0.1) is 17.3 Å². The number of carbonyl (C=O) groups is 1. The van der Waals surface area contributed by atoms with Crippen molar-refractivity contribution in [3.8, 4) is 0 Å². The highest BCUT2D eigenvalue weighted by Crippen LogP contribution is 2.25. The van der Waals surface area contributed by atoms with Crippen LogP contribution in [-0.4, -0.2) is 39.7 Å². The molecule has 2 rings (SSSR count). The summed E-state index contributed by atoms with van der Waals surface area (Å²) >= 11 is 0. The van der Waals surface area contributed by atoms with Crippen molar-refractivity contribution in [1.82, 2.24) is 14.7 Å². The van der Waals surface area contributed by atoms with Crippen molar-refractivity contribution in [2.45, 2.75) is 59.0 Å². The molecule has 0 radical (unpaired) electrons. The molecule has 126 valence electrons. The number of rotatable bonds is 2. The van der Waals surface area contributed by atoms with Crippen molar-refractivity contribution in [3.05, 3.63) is 17.5 Å². The van der Waals surface area contributed by atoms with Crippen LogP contribution in [0.3, 0.4) is 0 Å². The SMILES string of the molecule is Cc1c(C(=O)N2CCC(C)CC2CN)cnn1C(C)(C)C.Cl. The average molecular weight is 329 g/mol. The second kappa shape index (κ2) is 7.01. The largest absolute Gasteiger partial charge is 0.334 e. The van der Waals surface area contributed by atoms with Gasteiger partial charge in [0.15, 0.2) is 0 Å². The first-order valence-corrected chi connectivity index (χ1v) is 7.81. The molecule has 1 aromatic heterocycles. The third-order valence-electron chi connectivity index (χ3n) is 4.39. The number of carbonyl (C=O) groups excluding carboxylic acids is 1. The summed E-state index contributed by atoms with van der Waals surface area (Å²) in [6.07, 6.45) is 3.75. The molecule has 2 heterocycles. The molecule has 0 bridgehead atoms. The number of likely N-dealkylation sites (tertiary alicyclic amines) is 1. The van der Waals surface area contributed by atoms with E-state index in [1.165, 1.54) is 0 Å². The van der Waals surface area contributed by atoms with Crippen LogP contribution in [0.1, 0.15) is 56.6 Å². The number of piperidine rings is 1. The molecule has 2 unspecified atom stereocenters. The Bertz CT molecular complexity index is 521. The molecular weight excluding hydrogens is 300 g/mol. The van der Waals surface area contributed by atoms with Crippen LogP contribution in [0.5, 0.6) is 0 Å². The van der Waals surface area contributed by atoms with E-state index in [0.717, 1.165) is 25.1 Å². The number of amides is 1. The molecule has 6 heteroatoms. The monoisotopic (exact) mass is 328 g/mol. The maximum atomic E-state index is 12.9. The molecule has 2 atom stereocenters. The quantitative estimate of drug-likeness (QED) is 0.907. The minimum Gasteiger partial charge on any atom is -0.334 e. The molecule has 0 saturated carbocycles. The summed E-state index contributed by atoms with van der Waals surface area (Å²) in [6, 6.07) is 0.152. The second-order valence-corrected chi connectivity index (χ2v) is 7.24. The van der Waals surface area contributed by atoms with Crippen LogP contribution in [0.15, 0.2) is 6.20 Å². The molecule has 1 aliphatic heterocycles. The Morgan fingerprint density at radius 1 is 1.45 bits per heavy atom. The minimum absolute atomic E-state index is 0. The van der Waals surface area contributed by atoms with E-state index < -0.39 is 0 Å². The van der Waals surface area contributed by atoms with Crippen LogP contribution in [0, 0.1) is 12.8 Å². The van der Waals surface area contributed by atoms with Crippen LogP contribution in [0.25, 0.3) is 0 Å². The molecule has 1 saturated heterocycles. The van der Waals surface area contributed by atoms with Crippen LogP contribution >= 0.6 is 12.4 Å². The van der Waals surface area contributed by atoms with Crippen molar-refractivity contribution in [1.29, 1.82) is 0 Å². The Hall–Kier alpha value is -1.07. The Morgan fingerprint density at radius 3 is 2.59 bits per heavy atom.